The normalized spacial score (nSPS) is 15.3. The van der Waals surface area contributed by atoms with Gasteiger partial charge in [0.15, 0.2) is 6.10 Å². The van der Waals surface area contributed by atoms with E-state index < -0.39 is 6.10 Å². The van der Waals surface area contributed by atoms with Crippen molar-refractivity contribution in [3.8, 4) is 11.8 Å². The van der Waals surface area contributed by atoms with Gasteiger partial charge in [0, 0.05) is 23.5 Å². The Balaban J connectivity index is 1.66. The van der Waals surface area contributed by atoms with Crippen molar-refractivity contribution in [3.63, 3.8) is 0 Å². The smallest absolute Gasteiger partial charge is 0.265 e. The molecule has 5 heteroatoms. The number of ether oxygens (including phenoxy) is 1. The topological polar surface area (TPSA) is 62.1 Å². The van der Waals surface area contributed by atoms with E-state index in [2.05, 4.69) is 11.4 Å². The zero-order chi connectivity index (χ0) is 16.1. The lowest BCUT2D eigenvalue weighted by Crippen LogP contribution is -2.31. The van der Waals surface area contributed by atoms with Crippen molar-refractivity contribution in [1.82, 2.24) is 0 Å². The Labute approximate surface area is 139 Å². The minimum absolute atomic E-state index is 0.144. The van der Waals surface area contributed by atoms with Gasteiger partial charge >= 0.3 is 0 Å². The molecule has 3 rings (SSSR count). The van der Waals surface area contributed by atoms with E-state index in [0.717, 1.165) is 21.9 Å². The molecule has 0 radical (unpaired) electrons. The molecule has 0 unspecified atom stereocenters. The molecule has 0 aliphatic carbocycles. The number of para-hydroxylation sites is 2. The highest BCUT2D eigenvalue weighted by molar-refractivity contribution is 7.99. The van der Waals surface area contributed by atoms with Crippen molar-refractivity contribution in [2.75, 3.05) is 11.1 Å². The van der Waals surface area contributed by atoms with Crippen LogP contribution in [0, 0.1) is 11.3 Å². The molecule has 2 aromatic rings. The first kappa shape index (κ1) is 15.4. The highest BCUT2D eigenvalue weighted by Gasteiger charge is 2.29. The number of nitrogens with zero attached hydrogens (tertiary/aromatic N) is 1. The predicted octanol–water partition coefficient (Wildman–Crippen LogP) is 3.63. The van der Waals surface area contributed by atoms with Gasteiger partial charge in [-0.05, 0) is 23.8 Å². The van der Waals surface area contributed by atoms with Crippen molar-refractivity contribution in [3.05, 3.63) is 54.1 Å². The van der Waals surface area contributed by atoms with Crippen LogP contribution in [0.5, 0.6) is 5.75 Å². The average molecular weight is 324 g/mol. The number of thioether (sulfide) groups is 1. The lowest BCUT2D eigenvalue weighted by Gasteiger charge is -2.14. The van der Waals surface area contributed by atoms with Crippen LogP contribution >= 0.6 is 11.8 Å². The Hall–Kier alpha value is -2.45. The number of hydrogen-bond acceptors (Lipinski definition) is 4. The van der Waals surface area contributed by atoms with Crippen LogP contribution in [0.1, 0.15) is 12.0 Å². The third kappa shape index (κ3) is 3.66. The van der Waals surface area contributed by atoms with E-state index >= 15 is 0 Å². The van der Waals surface area contributed by atoms with Gasteiger partial charge in [-0.15, -0.1) is 11.8 Å². The van der Waals surface area contributed by atoms with Crippen LogP contribution in [0.4, 0.5) is 5.69 Å². The van der Waals surface area contributed by atoms with Crippen molar-refractivity contribution >= 4 is 23.4 Å². The molecular formula is C18H16N2O2S. The molecule has 4 nitrogen and oxygen atoms in total. The van der Waals surface area contributed by atoms with Gasteiger partial charge < -0.3 is 10.1 Å². The molecule has 0 bridgehead atoms. The maximum absolute atomic E-state index is 12.5. The molecule has 0 spiro atoms. The third-order valence-corrected chi connectivity index (χ3v) is 4.63. The second-order valence-electron chi connectivity index (χ2n) is 5.16. The minimum atomic E-state index is -0.496. The molecule has 116 valence electrons. The predicted molar refractivity (Wildman–Crippen MR) is 90.6 cm³/mol. The molecule has 0 saturated carbocycles. The Kier molecular flexibility index (Phi) is 4.84. The van der Waals surface area contributed by atoms with Crippen LogP contribution < -0.4 is 10.1 Å². The lowest BCUT2D eigenvalue weighted by atomic mass is 10.1. The summed E-state index contributed by atoms with van der Waals surface area (Å²) in [5.74, 6) is 1.34. The van der Waals surface area contributed by atoms with E-state index in [9.17, 15) is 4.79 Å². The zero-order valence-electron chi connectivity index (χ0n) is 12.5. The first-order chi connectivity index (χ1) is 11.3. The van der Waals surface area contributed by atoms with Gasteiger partial charge in [0.25, 0.3) is 5.91 Å². The molecule has 0 aromatic heterocycles. The number of nitriles is 1. The van der Waals surface area contributed by atoms with Crippen molar-refractivity contribution in [1.29, 1.82) is 5.26 Å². The molecule has 0 fully saturated rings. The average Bonchev–Trinajstić information content (AvgIpc) is 3.01. The molecule has 1 N–H and O–H groups in total. The largest absolute Gasteiger partial charge is 0.480 e. The van der Waals surface area contributed by atoms with Crippen molar-refractivity contribution < 1.29 is 9.53 Å². The van der Waals surface area contributed by atoms with Crippen molar-refractivity contribution in [2.45, 2.75) is 23.8 Å². The summed E-state index contributed by atoms with van der Waals surface area (Å²) >= 11 is 1.57. The van der Waals surface area contributed by atoms with E-state index in [0.29, 0.717) is 18.6 Å². The zero-order valence-corrected chi connectivity index (χ0v) is 13.3. The highest BCUT2D eigenvalue weighted by Crippen LogP contribution is 2.31. The van der Waals surface area contributed by atoms with E-state index in [1.54, 1.807) is 11.8 Å². The molecule has 1 aliphatic rings. The van der Waals surface area contributed by atoms with Crippen LogP contribution in [-0.2, 0) is 11.2 Å². The monoisotopic (exact) mass is 324 g/mol. The number of benzene rings is 2. The fraction of sp³-hybridized carbons (Fsp3) is 0.222. The number of carbonyl (C=O) groups is 1. The van der Waals surface area contributed by atoms with E-state index in [1.165, 1.54) is 0 Å². The molecule has 1 aliphatic heterocycles. The summed E-state index contributed by atoms with van der Waals surface area (Å²) in [5.41, 5.74) is 1.82. The van der Waals surface area contributed by atoms with Crippen LogP contribution in [0.25, 0.3) is 0 Å². The maximum atomic E-state index is 12.5. The fourth-order valence-electron chi connectivity index (χ4n) is 2.44. The molecule has 23 heavy (non-hydrogen) atoms. The van der Waals surface area contributed by atoms with Gasteiger partial charge in [0.1, 0.15) is 5.75 Å². The number of rotatable bonds is 5. The van der Waals surface area contributed by atoms with Crippen LogP contribution in [-0.4, -0.2) is 17.8 Å². The quantitative estimate of drug-likeness (QED) is 0.674. The number of nitrogens with one attached hydrogen (secondary N) is 1. The SMILES string of the molecule is N#CCCSc1ccccc1NC(=O)[C@@H]1Cc2ccccc2O1. The first-order valence-electron chi connectivity index (χ1n) is 7.42. The molecule has 1 heterocycles. The summed E-state index contributed by atoms with van der Waals surface area (Å²) in [7, 11) is 0. The third-order valence-electron chi connectivity index (χ3n) is 3.56. The summed E-state index contributed by atoms with van der Waals surface area (Å²) in [6.45, 7) is 0. The Morgan fingerprint density at radius 1 is 1.26 bits per heavy atom. The summed E-state index contributed by atoms with van der Waals surface area (Å²) in [6, 6.07) is 17.5. The minimum Gasteiger partial charge on any atom is -0.480 e. The van der Waals surface area contributed by atoms with Gasteiger partial charge in [-0.25, -0.2) is 0 Å². The second-order valence-corrected chi connectivity index (χ2v) is 6.30. The molecule has 1 amide bonds. The van der Waals surface area contributed by atoms with Crippen LogP contribution in [0.2, 0.25) is 0 Å². The standard InChI is InChI=1S/C18H16N2O2S/c19-10-5-11-23-17-9-4-2-7-14(17)20-18(21)16-12-13-6-1-3-8-15(13)22-16/h1-4,6-9,16H,5,11-12H2,(H,20,21)/t16-/m0/s1. The lowest BCUT2D eigenvalue weighted by molar-refractivity contribution is -0.122. The van der Waals surface area contributed by atoms with E-state index in [-0.39, 0.29) is 5.91 Å². The first-order valence-corrected chi connectivity index (χ1v) is 8.40. The van der Waals surface area contributed by atoms with Gasteiger partial charge in [-0.3, -0.25) is 4.79 Å². The van der Waals surface area contributed by atoms with Crippen LogP contribution in [0.3, 0.4) is 0 Å². The van der Waals surface area contributed by atoms with E-state index in [1.807, 2.05) is 48.5 Å². The number of carbonyl (C=O) groups excluding carboxylic acids is 1. The molecule has 0 saturated heterocycles. The number of amides is 1. The molecule has 2 aromatic carbocycles. The second kappa shape index (κ2) is 7.21. The van der Waals surface area contributed by atoms with E-state index in [4.69, 9.17) is 10.00 Å². The number of fused-ring (bicyclic) bond motifs is 1. The summed E-state index contributed by atoms with van der Waals surface area (Å²) < 4.78 is 5.72. The maximum Gasteiger partial charge on any atom is 0.265 e. The number of hydrogen-bond donors (Lipinski definition) is 1. The summed E-state index contributed by atoms with van der Waals surface area (Å²) in [5, 5.41) is 11.6. The Morgan fingerprint density at radius 2 is 2.04 bits per heavy atom. The highest BCUT2D eigenvalue weighted by atomic mass is 32.2. The van der Waals surface area contributed by atoms with Crippen LogP contribution in [0.15, 0.2) is 53.4 Å². The van der Waals surface area contributed by atoms with Gasteiger partial charge in [-0.2, -0.15) is 5.26 Å². The van der Waals surface area contributed by atoms with Gasteiger partial charge in [0.05, 0.1) is 11.8 Å². The van der Waals surface area contributed by atoms with Crippen molar-refractivity contribution in [2.24, 2.45) is 0 Å². The Morgan fingerprint density at radius 3 is 2.87 bits per heavy atom. The Bertz CT molecular complexity index is 730. The fourth-order valence-corrected chi connectivity index (χ4v) is 3.31. The van der Waals surface area contributed by atoms with Gasteiger partial charge in [0.2, 0.25) is 0 Å². The summed E-state index contributed by atoms with van der Waals surface area (Å²) in [4.78, 5) is 13.4. The van der Waals surface area contributed by atoms with Gasteiger partial charge in [-0.1, -0.05) is 30.3 Å². The summed E-state index contributed by atoms with van der Waals surface area (Å²) in [6.07, 6.45) is 0.573. The number of anilines is 1. The molecular weight excluding hydrogens is 308 g/mol. The molecule has 1 atom stereocenters.